The number of hydrogen-bond donors (Lipinski definition) is 2. The average molecular weight is 397 g/mol. The Bertz CT molecular complexity index is 915. The molecule has 0 amide bonds. The number of hydrogen-bond acceptors (Lipinski definition) is 6. The van der Waals surface area contributed by atoms with Crippen molar-refractivity contribution in [3.63, 3.8) is 0 Å². The maximum atomic E-state index is 6.36. The number of aryl methyl sites for hydroxylation is 2. The van der Waals surface area contributed by atoms with E-state index in [1.54, 1.807) is 6.20 Å². The third-order valence-electron chi connectivity index (χ3n) is 4.50. The quantitative estimate of drug-likeness (QED) is 0.551. The second-order valence-corrected chi connectivity index (χ2v) is 6.98. The number of nitrogens with one attached hydrogen (secondary N) is 2. The minimum absolute atomic E-state index is 0.388. The van der Waals surface area contributed by atoms with Crippen LogP contribution in [-0.2, 0) is 0 Å². The van der Waals surface area contributed by atoms with Crippen LogP contribution < -0.4 is 15.5 Å². The fourth-order valence-corrected chi connectivity index (χ4v) is 3.46. The van der Waals surface area contributed by atoms with Gasteiger partial charge in [-0.05, 0) is 69.2 Å². The standard InChI is InChI=1S/C21H25ClN6/c1-5-28(6-2)17-9-7-16(8-10-17)24-19-13-23-27-21(25-19)26-20-15(4)11-14(3)12-18(20)22/h7-13H,5-6H2,1-4H3,(H2,24,25,26,27). The Balaban J connectivity index is 1.75. The average Bonchev–Trinajstić information content (AvgIpc) is 2.67. The molecule has 1 heterocycles. The van der Waals surface area contributed by atoms with E-state index >= 15 is 0 Å². The predicted octanol–water partition coefficient (Wildman–Crippen LogP) is 5.48. The van der Waals surface area contributed by atoms with E-state index in [9.17, 15) is 0 Å². The summed E-state index contributed by atoms with van der Waals surface area (Å²) in [5.41, 5.74) is 5.06. The Morgan fingerprint density at radius 1 is 1.00 bits per heavy atom. The van der Waals surface area contributed by atoms with Gasteiger partial charge in [0.1, 0.15) is 0 Å². The first kappa shape index (κ1) is 19.9. The van der Waals surface area contributed by atoms with Gasteiger partial charge in [-0.1, -0.05) is 17.7 Å². The van der Waals surface area contributed by atoms with Crippen molar-refractivity contribution in [3.8, 4) is 0 Å². The van der Waals surface area contributed by atoms with Crippen LogP contribution in [0.3, 0.4) is 0 Å². The molecule has 0 aliphatic heterocycles. The van der Waals surface area contributed by atoms with Crippen LogP contribution in [-0.4, -0.2) is 28.3 Å². The molecular weight excluding hydrogens is 372 g/mol. The number of halogens is 1. The summed E-state index contributed by atoms with van der Waals surface area (Å²) in [5, 5.41) is 15.2. The first-order valence-electron chi connectivity index (χ1n) is 9.35. The second kappa shape index (κ2) is 8.89. The van der Waals surface area contributed by atoms with Gasteiger partial charge >= 0.3 is 0 Å². The molecule has 6 nitrogen and oxygen atoms in total. The van der Waals surface area contributed by atoms with Crippen LogP contribution >= 0.6 is 11.6 Å². The van der Waals surface area contributed by atoms with Crippen molar-refractivity contribution < 1.29 is 0 Å². The molecule has 1 aromatic heterocycles. The molecule has 0 fully saturated rings. The minimum atomic E-state index is 0.388. The smallest absolute Gasteiger partial charge is 0.249 e. The Morgan fingerprint density at radius 2 is 1.71 bits per heavy atom. The van der Waals surface area contributed by atoms with E-state index in [2.05, 4.69) is 62.8 Å². The molecule has 7 heteroatoms. The number of rotatable bonds is 7. The molecule has 3 aromatic rings. The highest BCUT2D eigenvalue weighted by Gasteiger charge is 2.09. The Kier molecular flexibility index (Phi) is 6.31. The normalized spacial score (nSPS) is 10.6. The van der Waals surface area contributed by atoms with Gasteiger partial charge in [-0.25, -0.2) is 0 Å². The van der Waals surface area contributed by atoms with Gasteiger partial charge in [-0.2, -0.15) is 10.1 Å². The third kappa shape index (κ3) is 4.70. The lowest BCUT2D eigenvalue weighted by atomic mass is 10.1. The van der Waals surface area contributed by atoms with Crippen molar-refractivity contribution in [2.45, 2.75) is 27.7 Å². The van der Waals surface area contributed by atoms with E-state index in [-0.39, 0.29) is 0 Å². The summed E-state index contributed by atoms with van der Waals surface area (Å²) in [5.74, 6) is 0.993. The topological polar surface area (TPSA) is 66.0 Å². The van der Waals surface area contributed by atoms with Gasteiger partial charge in [0.2, 0.25) is 5.95 Å². The number of anilines is 5. The minimum Gasteiger partial charge on any atom is -0.372 e. The lowest BCUT2D eigenvalue weighted by Gasteiger charge is -2.21. The van der Waals surface area contributed by atoms with Gasteiger partial charge in [0.25, 0.3) is 0 Å². The van der Waals surface area contributed by atoms with Crippen molar-refractivity contribution in [1.29, 1.82) is 0 Å². The maximum Gasteiger partial charge on any atom is 0.249 e. The molecule has 0 bridgehead atoms. The number of nitrogens with zero attached hydrogens (tertiary/aromatic N) is 4. The van der Waals surface area contributed by atoms with Crippen LogP contribution in [0.5, 0.6) is 0 Å². The van der Waals surface area contributed by atoms with E-state index < -0.39 is 0 Å². The highest BCUT2D eigenvalue weighted by atomic mass is 35.5. The first-order valence-corrected chi connectivity index (χ1v) is 9.73. The lowest BCUT2D eigenvalue weighted by molar-refractivity contribution is 0.866. The van der Waals surface area contributed by atoms with E-state index in [1.807, 2.05) is 32.0 Å². The Labute approximate surface area is 171 Å². The summed E-state index contributed by atoms with van der Waals surface area (Å²) in [4.78, 5) is 6.79. The van der Waals surface area contributed by atoms with Crippen LogP contribution in [0.25, 0.3) is 0 Å². The highest BCUT2D eigenvalue weighted by molar-refractivity contribution is 6.33. The van der Waals surface area contributed by atoms with Gasteiger partial charge in [0.05, 0.1) is 16.9 Å². The fraction of sp³-hybridized carbons (Fsp3) is 0.286. The van der Waals surface area contributed by atoms with Gasteiger partial charge in [0, 0.05) is 24.5 Å². The van der Waals surface area contributed by atoms with E-state index in [0.717, 1.165) is 35.6 Å². The molecule has 146 valence electrons. The molecule has 0 aliphatic carbocycles. The lowest BCUT2D eigenvalue weighted by Crippen LogP contribution is -2.21. The van der Waals surface area contributed by atoms with Gasteiger partial charge in [-0.15, -0.1) is 5.10 Å². The molecule has 0 saturated carbocycles. The van der Waals surface area contributed by atoms with Crippen LogP contribution in [0.4, 0.5) is 28.8 Å². The summed E-state index contributed by atoms with van der Waals surface area (Å²) in [7, 11) is 0. The van der Waals surface area contributed by atoms with Crippen molar-refractivity contribution in [1.82, 2.24) is 15.2 Å². The van der Waals surface area contributed by atoms with Crippen LogP contribution in [0.15, 0.2) is 42.6 Å². The largest absolute Gasteiger partial charge is 0.372 e. The van der Waals surface area contributed by atoms with E-state index in [1.165, 1.54) is 5.69 Å². The van der Waals surface area contributed by atoms with Gasteiger partial charge in [-0.3, -0.25) is 0 Å². The van der Waals surface area contributed by atoms with Crippen molar-refractivity contribution in [2.24, 2.45) is 0 Å². The van der Waals surface area contributed by atoms with Crippen LogP contribution in [0.1, 0.15) is 25.0 Å². The van der Waals surface area contributed by atoms with Crippen molar-refractivity contribution in [2.75, 3.05) is 28.6 Å². The van der Waals surface area contributed by atoms with E-state index in [0.29, 0.717) is 16.8 Å². The Hall–Kier alpha value is -2.86. The predicted molar refractivity (Wildman–Crippen MR) is 117 cm³/mol. The zero-order valence-electron chi connectivity index (χ0n) is 16.6. The molecule has 28 heavy (non-hydrogen) atoms. The number of aromatic nitrogens is 3. The van der Waals surface area contributed by atoms with Crippen LogP contribution in [0, 0.1) is 13.8 Å². The summed E-state index contributed by atoms with van der Waals surface area (Å²) < 4.78 is 0. The summed E-state index contributed by atoms with van der Waals surface area (Å²) in [6, 6.07) is 12.2. The molecule has 0 spiro atoms. The zero-order chi connectivity index (χ0) is 20.1. The third-order valence-corrected chi connectivity index (χ3v) is 4.79. The molecule has 3 rings (SSSR count). The molecular formula is C21H25ClN6. The molecule has 0 saturated heterocycles. The Morgan fingerprint density at radius 3 is 2.36 bits per heavy atom. The maximum absolute atomic E-state index is 6.36. The van der Waals surface area contributed by atoms with Crippen LogP contribution in [0.2, 0.25) is 5.02 Å². The highest BCUT2D eigenvalue weighted by Crippen LogP contribution is 2.29. The van der Waals surface area contributed by atoms with Crippen molar-refractivity contribution in [3.05, 3.63) is 58.7 Å². The molecule has 0 radical (unpaired) electrons. The summed E-state index contributed by atoms with van der Waals surface area (Å²) in [6.07, 6.45) is 1.59. The molecule has 2 N–H and O–H groups in total. The SMILES string of the molecule is CCN(CC)c1ccc(Nc2cnnc(Nc3c(C)cc(C)cc3Cl)n2)cc1. The van der Waals surface area contributed by atoms with Gasteiger partial charge < -0.3 is 15.5 Å². The molecule has 0 unspecified atom stereocenters. The zero-order valence-corrected chi connectivity index (χ0v) is 17.4. The van der Waals surface area contributed by atoms with E-state index in [4.69, 9.17) is 11.6 Å². The first-order chi connectivity index (χ1) is 13.5. The molecule has 0 atom stereocenters. The van der Waals surface area contributed by atoms with Crippen molar-refractivity contribution >= 4 is 40.4 Å². The fourth-order valence-electron chi connectivity index (χ4n) is 3.09. The molecule has 2 aromatic carbocycles. The second-order valence-electron chi connectivity index (χ2n) is 6.57. The summed E-state index contributed by atoms with van der Waals surface area (Å²) >= 11 is 6.36. The monoisotopic (exact) mass is 396 g/mol. The van der Waals surface area contributed by atoms with Gasteiger partial charge in [0.15, 0.2) is 5.82 Å². The number of benzene rings is 2. The molecule has 0 aliphatic rings. The summed E-state index contributed by atoms with van der Waals surface area (Å²) in [6.45, 7) is 10.3.